The van der Waals surface area contributed by atoms with Gasteiger partial charge in [-0.05, 0) is 65.4 Å². The average Bonchev–Trinajstić information content (AvgIpc) is 3.15. The highest BCUT2D eigenvalue weighted by molar-refractivity contribution is 9.10. The van der Waals surface area contributed by atoms with E-state index in [1.807, 2.05) is 6.07 Å². The van der Waals surface area contributed by atoms with Gasteiger partial charge in [0.05, 0.1) is 12.7 Å². The van der Waals surface area contributed by atoms with Gasteiger partial charge in [0.1, 0.15) is 23.5 Å². The lowest BCUT2D eigenvalue weighted by Gasteiger charge is -2.13. The molecule has 0 radical (unpaired) electrons. The Hall–Kier alpha value is -2.69. The van der Waals surface area contributed by atoms with Crippen molar-refractivity contribution >= 4 is 38.5 Å². The van der Waals surface area contributed by atoms with Crippen LogP contribution < -0.4 is 9.47 Å². The fourth-order valence-electron chi connectivity index (χ4n) is 3.58. The first-order valence-electron chi connectivity index (χ1n) is 9.93. The van der Waals surface area contributed by atoms with E-state index in [9.17, 15) is 9.65 Å². The van der Waals surface area contributed by atoms with Crippen molar-refractivity contribution in [3.63, 3.8) is 0 Å². The molecule has 0 fully saturated rings. The Morgan fingerprint density at radius 2 is 2.03 bits per heavy atom. The third-order valence-electron chi connectivity index (χ3n) is 5.21. The molecular formula is C24H20BrFN2O2S. The highest BCUT2D eigenvalue weighted by Crippen LogP contribution is 2.40. The Kier molecular flexibility index (Phi) is 6.69. The lowest BCUT2D eigenvalue weighted by molar-refractivity contribution is 0.279. The minimum atomic E-state index is -0.309. The van der Waals surface area contributed by atoms with Crippen molar-refractivity contribution in [1.29, 1.82) is 5.26 Å². The van der Waals surface area contributed by atoms with E-state index < -0.39 is 0 Å². The normalized spacial score (nSPS) is 13.1. The third kappa shape index (κ3) is 4.65. The fourth-order valence-corrected chi connectivity index (χ4v) is 5.19. The number of aliphatic imine (C=N–C) groups is 1. The summed E-state index contributed by atoms with van der Waals surface area (Å²) in [5, 5.41) is 10.4. The van der Waals surface area contributed by atoms with E-state index in [1.54, 1.807) is 48.9 Å². The molecule has 0 aliphatic heterocycles. The monoisotopic (exact) mass is 498 g/mol. The van der Waals surface area contributed by atoms with Crippen molar-refractivity contribution < 1.29 is 13.9 Å². The van der Waals surface area contributed by atoms with Crippen LogP contribution >= 0.6 is 27.3 Å². The molecule has 7 heteroatoms. The summed E-state index contributed by atoms with van der Waals surface area (Å²) in [6.45, 7) is 0.0924. The van der Waals surface area contributed by atoms with E-state index in [-0.39, 0.29) is 12.4 Å². The van der Waals surface area contributed by atoms with Crippen molar-refractivity contribution in [2.45, 2.75) is 32.3 Å². The molecule has 0 bridgehead atoms. The van der Waals surface area contributed by atoms with Gasteiger partial charge in [0.2, 0.25) is 0 Å². The van der Waals surface area contributed by atoms with Gasteiger partial charge in [-0.1, -0.05) is 18.2 Å². The molecule has 158 valence electrons. The molecule has 0 amide bonds. The third-order valence-corrected chi connectivity index (χ3v) is 7.10. The Bertz CT molecular complexity index is 1180. The fraction of sp³-hybridized carbons (Fsp3) is 0.250. The largest absolute Gasteiger partial charge is 0.493 e. The van der Waals surface area contributed by atoms with E-state index in [2.05, 4.69) is 27.0 Å². The van der Waals surface area contributed by atoms with Crippen molar-refractivity contribution in [2.24, 2.45) is 4.99 Å². The topological polar surface area (TPSA) is 54.6 Å². The van der Waals surface area contributed by atoms with E-state index in [4.69, 9.17) is 9.47 Å². The Morgan fingerprint density at radius 3 is 2.81 bits per heavy atom. The van der Waals surface area contributed by atoms with E-state index in [0.717, 1.165) is 34.3 Å². The number of hydrogen-bond acceptors (Lipinski definition) is 5. The van der Waals surface area contributed by atoms with Gasteiger partial charge in [0.25, 0.3) is 0 Å². The van der Waals surface area contributed by atoms with Gasteiger partial charge in [-0.25, -0.2) is 9.38 Å². The van der Waals surface area contributed by atoms with E-state index in [1.165, 1.54) is 22.9 Å². The molecule has 31 heavy (non-hydrogen) atoms. The van der Waals surface area contributed by atoms with Crippen LogP contribution in [0.4, 0.5) is 9.39 Å². The number of thiophene rings is 1. The maximum atomic E-state index is 13.9. The zero-order valence-corrected chi connectivity index (χ0v) is 19.4. The molecule has 0 N–H and O–H groups in total. The van der Waals surface area contributed by atoms with Gasteiger partial charge in [0, 0.05) is 26.7 Å². The zero-order chi connectivity index (χ0) is 21.8. The van der Waals surface area contributed by atoms with Crippen molar-refractivity contribution in [2.75, 3.05) is 7.11 Å². The van der Waals surface area contributed by atoms with E-state index in [0.29, 0.717) is 22.6 Å². The molecule has 1 aliphatic carbocycles. The molecule has 4 nitrogen and oxygen atoms in total. The van der Waals surface area contributed by atoms with Crippen molar-refractivity contribution in [3.05, 3.63) is 73.8 Å². The zero-order valence-electron chi connectivity index (χ0n) is 17.0. The summed E-state index contributed by atoms with van der Waals surface area (Å²) in [5.74, 6) is 0.710. The predicted molar refractivity (Wildman–Crippen MR) is 124 cm³/mol. The molecule has 1 aliphatic rings. The minimum absolute atomic E-state index is 0.0924. The summed E-state index contributed by atoms with van der Waals surface area (Å²) in [6, 6.07) is 12.4. The Morgan fingerprint density at radius 1 is 1.23 bits per heavy atom. The maximum Gasteiger partial charge on any atom is 0.162 e. The van der Waals surface area contributed by atoms with Crippen LogP contribution in [0.5, 0.6) is 11.5 Å². The standard InChI is InChI=1S/C24H20BrFN2O2S/c1-29-21-10-16(13-28-24-18(12-27)17-7-3-5-9-23(17)31-24)19(25)11-22(21)30-14-15-6-2-4-8-20(15)26/h2,4,6,8,10-11,13H,3,5,7,9,14H2,1H3. The van der Waals surface area contributed by atoms with Crippen LogP contribution in [-0.2, 0) is 19.4 Å². The first-order valence-corrected chi connectivity index (χ1v) is 11.5. The highest BCUT2D eigenvalue weighted by Gasteiger charge is 2.20. The number of nitriles is 1. The molecule has 0 spiro atoms. The molecule has 0 unspecified atom stereocenters. The molecule has 0 saturated heterocycles. The van der Waals surface area contributed by atoms with Crippen LogP contribution in [0.3, 0.4) is 0 Å². The molecule has 3 aromatic rings. The quantitative estimate of drug-likeness (QED) is 0.353. The van der Waals surface area contributed by atoms with Gasteiger partial charge in [-0.3, -0.25) is 0 Å². The molecule has 2 aromatic carbocycles. The second-order valence-electron chi connectivity index (χ2n) is 7.17. The molecular weight excluding hydrogens is 479 g/mol. The van der Waals surface area contributed by atoms with Crippen molar-refractivity contribution in [1.82, 2.24) is 0 Å². The summed E-state index contributed by atoms with van der Waals surface area (Å²) in [6.07, 6.45) is 5.99. The van der Waals surface area contributed by atoms with Crippen LogP contribution in [-0.4, -0.2) is 13.3 Å². The number of methoxy groups -OCH3 is 1. The van der Waals surface area contributed by atoms with E-state index >= 15 is 0 Å². The van der Waals surface area contributed by atoms with Crippen LogP contribution in [0.1, 0.15) is 40.0 Å². The summed E-state index contributed by atoms with van der Waals surface area (Å²) < 4.78 is 25.9. The number of halogens is 2. The smallest absolute Gasteiger partial charge is 0.162 e. The Balaban J connectivity index is 1.58. The number of nitrogens with zero attached hydrogens (tertiary/aromatic N) is 2. The van der Waals surface area contributed by atoms with Crippen molar-refractivity contribution in [3.8, 4) is 17.6 Å². The summed E-state index contributed by atoms with van der Waals surface area (Å²) in [4.78, 5) is 5.90. The lowest BCUT2D eigenvalue weighted by atomic mass is 9.96. The molecule has 0 atom stereocenters. The molecule has 0 saturated carbocycles. The minimum Gasteiger partial charge on any atom is -0.493 e. The average molecular weight is 499 g/mol. The molecule has 4 rings (SSSR count). The van der Waals surface area contributed by atoms with Gasteiger partial charge >= 0.3 is 0 Å². The predicted octanol–water partition coefficient (Wildman–Crippen LogP) is 6.74. The van der Waals surface area contributed by atoms with Crippen LogP contribution in [0.2, 0.25) is 0 Å². The van der Waals surface area contributed by atoms with Crippen LogP contribution in [0.25, 0.3) is 0 Å². The molecule has 1 aromatic heterocycles. The molecule has 1 heterocycles. The van der Waals surface area contributed by atoms with Crippen LogP contribution in [0.15, 0.2) is 45.9 Å². The lowest BCUT2D eigenvalue weighted by Crippen LogP contribution is -2.01. The number of ether oxygens (including phenoxy) is 2. The second-order valence-corrected chi connectivity index (χ2v) is 9.10. The van der Waals surface area contributed by atoms with Gasteiger partial charge in [-0.2, -0.15) is 5.26 Å². The maximum absolute atomic E-state index is 13.9. The number of aryl methyl sites for hydroxylation is 1. The first kappa shape index (κ1) is 21.5. The second kappa shape index (κ2) is 9.63. The SMILES string of the molecule is COc1cc(C=Nc2sc3c(c2C#N)CCCC3)c(Br)cc1OCc1ccccc1F. The summed E-state index contributed by atoms with van der Waals surface area (Å²) in [5.41, 5.74) is 3.13. The summed E-state index contributed by atoms with van der Waals surface area (Å²) in [7, 11) is 1.56. The number of fused-ring (bicyclic) bond motifs is 1. The number of hydrogen-bond donors (Lipinski definition) is 0. The number of rotatable bonds is 6. The highest BCUT2D eigenvalue weighted by atomic mass is 79.9. The van der Waals surface area contributed by atoms with Crippen LogP contribution in [0, 0.1) is 17.1 Å². The first-order chi connectivity index (χ1) is 15.1. The van der Waals surface area contributed by atoms with Gasteiger partial charge in [-0.15, -0.1) is 11.3 Å². The Labute approximate surface area is 193 Å². The number of benzene rings is 2. The van der Waals surface area contributed by atoms with Gasteiger partial charge < -0.3 is 9.47 Å². The summed E-state index contributed by atoms with van der Waals surface area (Å²) >= 11 is 5.16. The van der Waals surface area contributed by atoms with Gasteiger partial charge in [0.15, 0.2) is 11.5 Å².